The maximum absolute atomic E-state index is 12.7. The largest absolute Gasteiger partial charge is 0.339 e. The van der Waals surface area contributed by atoms with E-state index in [-0.39, 0.29) is 5.92 Å². The Bertz CT molecular complexity index is 310. The lowest BCUT2D eigenvalue weighted by molar-refractivity contribution is -0.141. The van der Waals surface area contributed by atoms with Gasteiger partial charge in [-0.3, -0.25) is 4.79 Å². The van der Waals surface area contributed by atoms with Crippen molar-refractivity contribution in [2.45, 2.75) is 69.9 Å². The first-order valence-electron chi connectivity index (χ1n) is 7.82. The number of carbonyl (C=O) groups excluding carboxylic acids is 1. The first-order chi connectivity index (χ1) is 8.75. The number of piperidine rings is 1. The second-order valence-electron chi connectivity index (χ2n) is 6.54. The molecule has 0 aromatic heterocycles. The average Bonchev–Trinajstić information content (AvgIpc) is 2.87. The van der Waals surface area contributed by atoms with Crippen molar-refractivity contribution in [1.29, 1.82) is 0 Å². The lowest BCUT2D eigenvalue weighted by Gasteiger charge is -2.40. The van der Waals surface area contributed by atoms with Gasteiger partial charge in [0.1, 0.15) is 0 Å². The van der Waals surface area contributed by atoms with Gasteiger partial charge in [-0.25, -0.2) is 0 Å². The van der Waals surface area contributed by atoms with Gasteiger partial charge in [0.25, 0.3) is 0 Å². The maximum atomic E-state index is 12.7. The molecule has 2 aliphatic carbocycles. The molecule has 3 nitrogen and oxygen atoms in total. The Morgan fingerprint density at radius 2 is 1.67 bits per heavy atom. The van der Waals surface area contributed by atoms with E-state index in [1.807, 2.05) is 0 Å². The van der Waals surface area contributed by atoms with Crippen LogP contribution in [0.1, 0.15) is 57.8 Å². The number of nitrogens with two attached hydrogens (primary N) is 1. The summed E-state index contributed by atoms with van der Waals surface area (Å²) in [5.74, 6) is 1.55. The minimum absolute atomic E-state index is 0.282. The van der Waals surface area contributed by atoms with Gasteiger partial charge in [-0.05, 0) is 57.3 Å². The van der Waals surface area contributed by atoms with E-state index in [9.17, 15) is 4.79 Å². The molecule has 2 saturated carbocycles. The zero-order valence-electron chi connectivity index (χ0n) is 11.3. The SMILES string of the molecule is NC1CCC(C(=O)N2CCCC3CCCC32)CC1. The Morgan fingerprint density at radius 1 is 0.944 bits per heavy atom. The zero-order valence-corrected chi connectivity index (χ0v) is 11.3. The second-order valence-corrected chi connectivity index (χ2v) is 6.54. The van der Waals surface area contributed by atoms with Crippen LogP contribution in [0.3, 0.4) is 0 Å². The standard InChI is InChI=1S/C15H26N2O/c16-13-8-6-12(7-9-13)15(18)17-10-2-4-11-3-1-5-14(11)17/h11-14H,1-10,16H2. The summed E-state index contributed by atoms with van der Waals surface area (Å²) >= 11 is 0. The molecule has 0 radical (unpaired) electrons. The van der Waals surface area contributed by atoms with E-state index < -0.39 is 0 Å². The van der Waals surface area contributed by atoms with Crippen LogP contribution in [0, 0.1) is 11.8 Å². The van der Waals surface area contributed by atoms with Crippen molar-refractivity contribution in [2.75, 3.05) is 6.54 Å². The quantitative estimate of drug-likeness (QED) is 0.776. The van der Waals surface area contributed by atoms with Gasteiger partial charge >= 0.3 is 0 Å². The van der Waals surface area contributed by atoms with Crippen LogP contribution in [-0.4, -0.2) is 29.4 Å². The van der Waals surface area contributed by atoms with Gasteiger partial charge < -0.3 is 10.6 Å². The summed E-state index contributed by atoms with van der Waals surface area (Å²) in [4.78, 5) is 14.9. The molecule has 18 heavy (non-hydrogen) atoms. The van der Waals surface area contributed by atoms with Crippen molar-refractivity contribution >= 4 is 5.91 Å². The maximum Gasteiger partial charge on any atom is 0.225 e. The minimum Gasteiger partial charge on any atom is -0.339 e. The summed E-state index contributed by atoms with van der Waals surface area (Å²) in [6.45, 7) is 1.02. The fourth-order valence-electron chi connectivity index (χ4n) is 4.33. The normalized spacial score (nSPS) is 40.6. The Hall–Kier alpha value is -0.570. The van der Waals surface area contributed by atoms with Gasteiger partial charge in [-0.1, -0.05) is 6.42 Å². The van der Waals surface area contributed by atoms with Gasteiger partial charge in [-0.15, -0.1) is 0 Å². The molecule has 102 valence electrons. The number of hydrogen-bond acceptors (Lipinski definition) is 2. The van der Waals surface area contributed by atoms with Crippen molar-refractivity contribution in [1.82, 2.24) is 4.90 Å². The molecule has 0 spiro atoms. The van der Waals surface area contributed by atoms with E-state index in [0.29, 0.717) is 18.0 Å². The molecule has 2 N–H and O–H groups in total. The number of nitrogens with zero attached hydrogens (tertiary/aromatic N) is 1. The van der Waals surface area contributed by atoms with Crippen LogP contribution in [0.4, 0.5) is 0 Å². The molecule has 2 atom stereocenters. The van der Waals surface area contributed by atoms with E-state index >= 15 is 0 Å². The third-order valence-electron chi connectivity index (χ3n) is 5.40. The number of amides is 1. The van der Waals surface area contributed by atoms with Crippen molar-refractivity contribution in [3.05, 3.63) is 0 Å². The number of likely N-dealkylation sites (tertiary alicyclic amines) is 1. The molecule has 3 heteroatoms. The first kappa shape index (κ1) is 12.5. The second kappa shape index (κ2) is 5.20. The highest BCUT2D eigenvalue weighted by molar-refractivity contribution is 5.79. The van der Waals surface area contributed by atoms with Crippen molar-refractivity contribution in [2.24, 2.45) is 17.6 Å². The zero-order chi connectivity index (χ0) is 12.5. The molecule has 1 heterocycles. The van der Waals surface area contributed by atoms with Crippen LogP contribution in [0.2, 0.25) is 0 Å². The van der Waals surface area contributed by atoms with Crippen LogP contribution < -0.4 is 5.73 Å². The van der Waals surface area contributed by atoms with E-state index in [2.05, 4.69) is 4.90 Å². The number of carbonyl (C=O) groups is 1. The molecule has 3 rings (SSSR count). The fraction of sp³-hybridized carbons (Fsp3) is 0.933. The van der Waals surface area contributed by atoms with Gasteiger partial charge in [-0.2, -0.15) is 0 Å². The smallest absolute Gasteiger partial charge is 0.225 e. The van der Waals surface area contributed by atoms with E-state index in [4.69, 9.17) is 5.73 Å². The molecule has 1 amide bonds. The summed E-state index contributed by atoms with van der Waals surface area (Å²) in [7, 11) is 0. The lowest BCUT2D eigenvalue weighted by Crippen LogP contribution is -2.49. The third kappa shape index (κ3) is 2.29. The lowest BCUT2D eigenvalue weighted by atomic mass is 9.84. The van der Waals surface area contributed by atoms with Crippen molar-refractivity contribution < 1.29 is 4.79 Å². The molecule has 3 fully saturated rings. The molecular formula is C15H26N2O. The Kier molecular flexibility index (Phi) is 3.60. The molecule has 1 aliphatic heterocycles. The highest BCUT2D eigenvalue weighted by Crippen LogP contribution is 2.38. The van der Waals surface area contributed by atoms with Crippen molar-refractivity contribution in [3.63, 3.8) is 0 Å². The Labute approximate surface area is 110 Å². The predicted molar refractivity (Wildman–Crippen MR) is 72.0 cm³/mol. The molecule has 1 saturated heterocycles. The molecular weight excluding hydrogens is 224 g/mol. The summed E-state index contributed by atoms with van der Waals surface area (Å²) < 4.78 is 0. The first-order valence-corrected chi connectivity index (χ1v) is 7.82. The minimum atomic E-state index is 0.282. The predicted octanol–water partition coefficient (Wildman–Crippen LogP) is 2.29. The van der Waals surface area contributed by atoms with Gasteiger partial charge in [0.15, 0.2) is 0 Å². The van der Waals surface area contributed by atoms with Crippen molar-refractivity contribution in [3.8, 4) is 0 Å². The highest BCUT2D eigenvalue weighted by Gasteiger charge is 2.39. The summed E-state index contributed by atoms with van der Waals surface area (Å²) in [5, 5.41) is 0. The van der Waals surface area contributed by atoms with Crippen LogP contribution in [0.25, 0.3) is 0 Å². The molecule has 0 aromatic carbocycles. The number of fused-ring (bicyclic) bond motifs is 1. The summed E-state index contributed by atoms with van der Waals surface area (Å²) in [6.07, 6.45) is 10.6. The molecule has 0 bridgehead atoms. The van der Waals surface area contributed by atoms with Crippen LogP contribution in [0.15, 0.2) is 0 Å². The number of rotatable bonds is 1. The van der Waals surface area contributed by atoms with Crippen LogP contribution >= 0.6 is 0 Å². The topological polar surface area (TPSA) is 46.3 Å². The third-order valence-corrected chi connectivity index (χ3v) is 5.40. The Balaban J connectivity index is 1.64. The van der Waals surface area contributed by atoms with Gasteiger partial charge in [0.05, 0.1) is 0 Å². The molecule has 0 aromatic rings. The summed E-state index contributed by atoms with van der Waals surface area (Å²) in [6, 6.07) is 0.927. The Morgan fingerprint density at radius 3 is 2.44 bits per heavy atom. The van der Waals surface area contributed by atoms with E-state index in [1.165, 1.54) is 32.1 Å². The summed E-state index contributed by atoms with van der Waals surface area (Å²) in [5.41, 5.74) is 5.94. The van der Waals surface area contributed by atoms with Gasteiger partial charge in [0, 0.05) is 24.5 Å². The molecule has 2 unspecified atom stereocenters. The van der Waals surface area contributed by atoms with Crippen LogP contribution in [-0.2, 0) is 4.79 Å². The molecule has 3 aliphatic rings. The fourth-order valence-corrected chi connectivity index (χ4v) is 4.33. The van der Waals surface area contributed by atoms with Crippen LogP contribution in [0.5, 0.6) is 0 Å². The van der Waals surface area contributed by atoms with E-state index in [0.717, 1.165) is 38.1 Å². The average molecular weight is 250 g/mol. The monoisotopic (exact) mass is 250 g/mol. The van der Waals surface area contributed by atoms with E-state index in [1.54, 1.807) is 0 Å². The van der Waals surface area contributed by atoms with Gasteiger partial charge in [0.2, 0.25) is 5.91 Å². The number of hydrogen-bond donors (Lipinski definition) is 1. The highest BCUT2D eigenvalue weighted by atomic mass is 16.2.